The van der Waals surface area contributed by atoms with Crippen LogP contribution < -0.4 is 5.73 Å². The lowest BCUT2D eigenvalue weighted by atomic mass is 9.65. The molecule has 3 atom stereocenters. The van der Waals surface area contributed by atoms with Gasteiger partial charge < -0.3 is 15.5 Å². The summed E-state index contributed by atoms with van der Waals surface area (Å²) in [6.07, 6.45) is 5.73. The van der Waals surface area contributed by atoms with E-state index in [9.17, 15) is 4.79 Å². The summed E-state index contributed by atoms with van der Waals surface area (Å²) < 4.78 is 0. The molecule has 0 aromatic heterocycles. The molecule has 2 bridgehead atoms. The molecule has 1 amide bonds. The summed E-state index contributed by atoms with van der Waals surface area (Å²) in [5, 5.41) is 0. The molecule has 1 saturated heterocycles. The Kier molecular flexibility index (Phi) is 6.26. The van der Waals surface area contributed by atoms with Crippen LogP contribution in [-0.2, 0) is 4.79 Å². The molecule has 0 spiro atoms. The Labute approximate surface area is 163 Å². The number of likely N-dealkylation sites (N-methyl/N-ethyl adjacent to an activating group) is 1. The average molecular weight is 378 g/mol. The summed E-state index contributed by atoms with van der Waals surface area (Å²) in [7, 11) is 2.15. The maximum atomic E-state index is 13.4. The van der Waals surface area contributed by atoms with Crippen LogP contribution in [-0.4, -0.2) is 48.4 Å². The van der Waals surface area contributed by atoms with Crippen LogP contribution in [0, 0.1) is 17.8 Å². The standard InChI is InChI=1S/C21H31N3O.ClH/c1-23-10-11-24(19(14-23)15-6-3-2-4-7-15)21(25)18-12-16-8-5-9-17(13-18)20(16)22;/h2-4,6-7,16-20H,5,8-14,22H2,1H3;1H. The third-order valence-corrected chi connectivity index (χ3v) is 6.81. The van der Waals surface area contributed by atoms with Gasteiger partial charge in [0.05, 0.1) is 6.04 Å². The predicted molar refractivity (Wildman–Crippen MR) is 107 cm³/mol. The van der Waals surface area contributed by atoms with Crippen LogP contribution in [0.15, 0.2) is 30.3 Å². The number of nitrogens with two attached hydrogens (primary N) is 1. The van der Waals surface area contributed by atoms with Crippen LogP contribution in [0.2, 0.25) is 0 Å². The second-order valence-corrected chi connectivity index (χ2v) is 8.42. The third-order valence-electron chi connectivity index (χ3n) is 6.81. The second kappa shape index (κ2) is 8.28. The minimum absolute atomic E-state index is 0. The van der Waals surface area contributed by atoms with Crippen LogP contribution in [0.3, 0.4) is 0 Å². The normalized spacial score (nSPS) is 34.8. The molecule has 144 valence electrons. The lowest BCUT2D eigenvalue weighted by Crippen LogP contribution is -2.54. The minimum atomic E-state index is 0. The fourth-order valence-corrected chi connectivity index (χ4v) is 5.37. The highest BCUT2D eigenvalue weighted by Gasteiger charge is 2.43. The number of piperazine rings is 1. The number of amides is 1. The molecule has 3 aliphatic rings. The number of carbonyl (C=O) groups is 1. The van der Waals surface area contributed by atoms with Crippen LogP contribution in [0.4, 0.5) is 0 Å². The molecule has 4 rings (SSSR count). The molecule has 1 aromatic carbocycles. The van der Waals surface area contributed by atoms with Crippen molar-refractivity contribution in [1.29, 1.82) is 0 Å². The van der Waals surface area contributed by atoms with Gasteiger partial charge in [-0.2, -0.15) is 0 Å². The SMILES string of the molecule is CN1CCN(C(=O)C2CC3CCCC(C2)C3N)C(c2ccccc2)C1.Cl. The van der Waals surface area contributed by atoms with Crippen molar-refractivity contribution in [2.75, 3.05) is 26.7 Å². The highest BCUT2D eigenvalue weighted by atomic mass is 35.5. The zero-order valence-electron chi connectivity index (χ0n) is 15.7. The molecule has 1 aliphatic heterocycles. The second-order valence-electron chi connectivity index (χ2n) is 8.42. The van der Waals surface area contributed by atoms with Gasteiger partial charge in [-0.05, 0) is 50.1 Å². The number of rotatable bonds is 2. The lowest BCUT2D eigenvalue weighted by molar-refractivity contribution is -0.143. The zero-order chi connectivity index (χ0) is 17.4. The maximum absolute atomic E-state index is 13.4. The van der Waals surface area contributed by atoms with Crippen molar-refractivity contribution < 1.29 is 4.79 Å². The third kappa shape index (κ3) is 3.78. The number of hydrogen-bond donors (Lipinski definition) is 1. The van der Waals surface area contributed by atoms with E-state index in [2.05, 4.69) is 41.1 Å². The molecular weight excluding hydrogens is 346 g/mol. The van der Waals surface area contributed by atoms with E-state index in [0.717, 1.165) is 32.5 Å². The first-order valence-corrected chi connectivity index (χ1v) is 9.93. The van der Waals surface area contributed by atoms with Crippen LogP contribution >= 0.6 is 12.4 Å². The van der Waals surface area contributed by atoms with Crippen LogP contribution in [0.25, 0.3) is 0 Å². The lowest BCUT2D eigenvalue weighted by Gasteiger charge is -2.47. The average Bonchev–Trinajstić information content (AvgIpc) is 2.61. The van der Waals surface area contributed by atoms with E-state index in [-0.39, 0.29) is 24.4 Å². The first-order chi connectivity index (χ1) is 12.1. The summed E-state index contributed by atoms with van der Waals surface area (Å²) in [6.45, 7) is 2.73. The van der Waals surface area contributed by atoms with Gasteiger partial charge in [-0.25, -0.2) is 0 Å². The molecule has 2 saturated carbocycles. The monoisotopic (exact) mass is 377 g/mol. The molecule has 26 heavy (non-hydrogen) atoms. The van der Waals surface area contributed by atoms with Gasteiger partial charge >= 0.3 is 0 Å². The number of nitrogens with zero attached hydrogens (tertiary/aromatic N) is 2. The van der Waals surface area contributed by atoms with Gasteiger partial charge in [0, 0.05) is 31.6 Å². The van der Waals surface area contributed by atoms with Gasteiger partial charge in [0.1, 0.15) is 0 Å². The highest BCUT2D eigenvalue weighted by Crippen LogP contribution is 2.43. The highest BCUT2D eigenvalue weighted by molar-refractivity contribution is 5.85. The molecule has 1 aromatic rings. The molecule has 3 unspecified atom stereocenters. The Morgan fingerprint density at radius 3 is 2.38 bits per heavy atom. The maximum Gasteiger partial charge on any atom is 0.226 e. The number of hydrogen-bond acceptors (Lipinski definition) is 3. The minimum Gasteiger partial charge on any atom is -0.333 e. The van der Waals surface area contributed by atoms with E-state index in [4.69, 9.17) is 5.73 Å². The van der Waals surface area contributed by atoms with Crippen molar-refractivity contribution in [3.63, 3.8) is 0 Å². The Morgan fingerprint density at radius 2 is 1.73 bits per heavy atom. The summed E-state index contributed by atoms with van der Waals surface area (Å²) >= 11 is 0. The van der Waals surface area contributed by atoms with Gasteiger partial charge in [-0.1, -0.05) is 36.8 Å². The number of benzene rings is 1. The van der Waals surface area contributed by atoms with Gasteiger partial charge in [0.2, 0.25) is 5.91 Å². The molecule has 5 heteroatoms. The molecule has 2 aliphatic carbocycles. The largest absolute Gasteiger partial charge is 0.333 e. The Morgan fingerprint density at radius 1 is 1.08 bits per heavy atom. The molecule has 1 heterocycles. The van der Waals surface area contributed by atoms with Crippen LogP contribution in [0.5, 0.6) is 0 Å². The van der Waals surface area contributed by atoms with Crippen LogP contribution in [0.1, 0.15) is 43.7 Å². The van der Waals surface area contributed by atoms with E-state index in [0.29, 0.717) is 23.8 Å². The fraction of sp³-hybridized carbons (Fsp3) is 0.667. The first kappa shape index (κ1) is 19.7. The van der Waals surface area contributed by atoms with Gasteiger partial charge in [0.25, 0.3) is 0 Å². The zero-order valence-corrected chi connectivity index (χ0v) is 16.5. The summed E-state index contributed by atoms with van der Waals surface area (Å²) in [4.78, 5) is 18.0. The number of halogens is 1. The molecule has 4 nitrogen and oxygen atoms in total. The summed E-state index contributed by atoms with van der Waals surface area (Å²) in [6, 6.07) is 11.0. The van der Waals surface area contributed by atoms with Crippen molar-refractivity contribution in [2.24, 2.45) is 23.5 Å². The molecule has 3 fully saturated rings. The Hall–Kier alpha value is -1.10. The van der Waals surface area contributed by atoms with E-state index in [1.54, 1.807) is 0 Å². The van der Waals surface area contributed by atoms with Gasteiger partial charge in [-0.15, -0.1) is 12.4 Å². The Balaban J connectivity index is 0.00000196. The summed E-state index contributed by atoms with van der Waals surface area (Å²) in [5.41, 5.74) is 7.69. The molecular formula is C21H32ClN3O. The quantitative estimate of drug-likeness (QED) is 0.861. The first-order valence-electron chi connectivity index (χ1n) is 9.93. The van der Waals surface area contributed by atoms with Crippen molar-refractivity contribution >= 4 is 18.3 Å². The predicted octanol–water partition coefficient (Wildman–Crippen LogP) is 3.08. The van der Waals surface area contributed by atoms with E-state index >= 15 is 0 Å². The fourth-order valence-electron chi connectivity index (χ4n) is 5.37. The van der Waals surface area contributed by atoms with E-state index < -0.39 is 0 Å². The topological polar surface area (TPSA) is 49.6 Å². The summed E-state index contributed by atoms with van der Waals surface area (Å²) in [5.74, 6) is 1.68. The number of fused-ring (bicyclic) bond motifs is 2. The van der Waals surface area contributed by atoms with Gasteiger partial charge in [0.15, 0.2) is 0 Å². The van der Waals surface area contributed by atoms with Crippen molar-refractivity contribution in [3.05, 3.63) is 35.9 Å². The molecule has 2 N–H and O–H groups in total. The van der Waals surface area contributed by atoms with Crippen molar-refractivity contribution in [1.82, 2.24) is 9.80 Å². The number of carbonyl (C=O) groups excluding carboxylic acids is 1. The van der Waals surface area contributed by atoms with Crippen molar-refractivity contribution in [2.45, 2.75) is 44.2 Å². The van der Waals surface area contributed by atoms with E-state index in [1.165, 1.54) is 24.8 Å². The van der Waals surface area contributed by atoms with E-state index in [1.807, 2.05) is 6.07 Å². The smallest absolute Gasteiger partial charge is 0.226 e. The van der Waals surface area contributed by atoms with Crippen molar-refractivity contribution in [3.8, 4) is 0 Å². The molecule has 0 radical (unpaired) electrons. The van der Waals surface area contributed by atoms with Gasteiger partial charge in [-0.3, -0.25) is 4.79 Å². The Bertz CT molecular complexity index is 597.